The molecule has 1 N–H and O–H groups in total. The second-order valence-corrected chi connectivity index (χ2v) is 6.65. The lowest BCUT2D eigenvalue weighted by molar-refractivity contribution is -0.110. The molecule has 0 heterocycles. The molecule has 0 bridgehead atoms. The van der Waals surface area contributed by atoms with Crippen molar-refractivity contribution in [3.05, 3.63) is 0 Å². The number of ether oxygens (including phenoxy) is 1. The summed E-state index contributed by atoms with van der Waals surface area (Å²) in [5, 5.41) is 2.87. The number of nitrogens with zero attached hydrogens (tertiary/aromatic N) is 1. The van der Waals surface area contributed by atoms with Gasteiger partial charge in [0.05, 0.1) is 0 Å². The summed E-state index contributed by atoms with van der Waals surface area (Å²) in [7, 11) is 1.72. The van der Waals surface area contributed by atoms with Gasteiger partial charge in [0.1, 0.15) is 5.60 Å². The van der Waals surface area contributed by atoms with Crippen LogP contribution in [0.2, 0.25) is 0 Å². The molecular formula is C15H28N2O3. The van der Waals surface area contributed by atoms with E-state index < -0.39 is 5.60 Å². The predicted octanol–water partition coefficient (Wildman–Crippen LogP) is 2.55. The summed E-state index contributed by atoms with van der Waals surface area (Å²) in [6.45, 7) is 6.04. The Morgan fingerprint density at radius 3 is 2.45 bits per heavy atom. The van der Waals surface area contributed by atoms with Gasteiger partial charge in [0.25, 0.3) is 0 Å². The molecule has 0 spiro atoms. The molecule has 1 aliphatic rings. The van der Waals surface area contributed by atoms with Crippen LogP contribution in [-0.4, -0.2) is 42.6 Å². The van der Waals surface area contributed by atoms with Crippen molar-refractivity contribution in [2.24, 2.45) is 5.92 Å². The molecule has 1 unspecified atom stereocenters. The van der Waals surface area contributed by atoms with Gasteiger partial charge in [-0.3, -0.25) is 4.79 Å². The molecule has 1 rings (SSSR count). The van der Waals surface area contributed by atoms with Crippen molar-refractivity contribution in [3.63, 3.8) is 0 Å². The number of rotatable bonds is 5. The lowest BCUT2D eigenvalue weighted by atomic mass is 9.84. The highest BCUT2D eigenvalue weighted by molar-refractivity contribution is 5.67. The molecule has 0 aliphatic heterocycles. The largest absolute Gasteiger partial charge is 0.444 e. The Balaban J connectivity index is 2.55. The van der Waals surface area contributed by atoms with Gasteiger partial charge in [0.15, 0.2) is 0 Å². The fourth-order valence-electron chi connectivity index (χ4n) is 2.67. The van der Waals surface area contributed by atoms with Gasteiger partial charge in [0, 0.05) is 19.6 Å². The van der Waals surface area contributed by atoms with Crippen LogP contribution in [0.4, 0.5) is 4.79 Å². The highest BCUT2D eigenvalue weighted by atomic mass is 16.6. The number of carbonyl (C=O) groups is 2. The lowest BCUT2D eigenvalue weighted by Crippen LogP contribution is -2.47. The van der Waals surface area contributed by atoms with E-state index in [1.807, 2.05) is 20.8 Å². The van der Waals surface area contributed by atoms with E-state index in [9.17, 15) is 9.59 Å². The average molecular weight is 284 g/mol. The van der Waals surface area contributed by atoms with Crippen molar-refractivity contribution in [1.82, 2.24) is 10.2 Å². The molecule has 0 aromatic carbocycles. The maximum absolute atomic E-state index is 12.0. The maximum Gasteiger partial charge on any atom is 0.410 e. The van der Waals surface area contributed by atoms with Crippen LogP contribution in [-0.2, 0) is 9.53 Å². The van der Waals surface area contributed by atoms with Crippen LogP contribution < -0.4 is 5.32 Å². The molecule has 1 saturated carbocycles. The van der Waals surface area contributed by atoms with Crippen LogP contribution in [0.3, 0.4) is 0 Å². The van der Waals surface area contributed by atoms with E-state index in [4.69, 9.17) is 4.74 Å². The highest BCUT2D eigenvalue weighted by Crippen LogP contribution is 2.26. The summed E-state index contributed by atoms with van der Waals surface area (Å²) in [6.07, 6.45) is 6.32. The Bertz CT molecular complexity index is 320. The fourth-order valence-corrected chi connectivity index (χ4v) is 2.67. The average Bonchev–Trinajstić information content (AvgIpc) is 2.37. The third-order valence-electron chi connectivity index (χ3n) is 3.68. The molecule has 0 aromatic rings. The monoisotopic (exact) mass is 284 g/mol. The molecule has 0 radical (unpaired) electrons. The molecule has 1 atom stereocenters. The van der Waals surface area contributed by atoms with E-state index >= 15 is 0 Å². The van der Waals surface area contributed by atoms with Gasteiger partial charge in [-0.2, -0.15) is 0 Å². The normalized spacial score (nSPS) is 18.2. The van der Waals surface area contributed by atoms with E-state index in [-0.39, 0.29) is 12.1 Å². The van der Waals surface area contributed by atoms with Crippen LogP contribution in [0.5, 0.6) is 0 Å². The number of nitrogens with one attached hydrogen (secondary N) is 1. The first-order valence-corrected chi connectivity index (χ1v) is 7.47. The Kier molecular flexibility index (Phi) is 6.30. The van der Waals surface area contributed by atoms with Crippen LogP contribution in [0, 0.1) is 5.92 Å². The van der Waals surface area contributed by atoms with Gasteiger partial charge in [-0.05, 0) is 39.5 Å². The zero-order valence-corrected chi connectivity index (χ0v) is 13.1. The summed E-state index contributed by atoms with van der Waals surface area (Å²) >= 11 is 0. The first kappa shape index (κ1) is 16.8. The molecule has 0 aromatic heterocycles. The summed E-state index contributed by atoms with van der Waals surface area (Å²) in [4.78, 5) is 24.3. The van der Waals surface area contributed by atoms with Crippen molar-refractivity contribution in [2.45, 2.75) is 64.5 Å². The maximum atomic E-state index is 12.0. The van der Waals surface area contributed by atoms with Gasteiger partial charge in [-0.15, -0.1) is 0 Å². The second kappa shape index (κ2) is 7.50. The molecule has 2 amide bonds. The lowest BCUT2D eigenvalue weighted by Gasteiger charge is -2.33. The minimum Gasteiger partial charge on any atom is -0.444 e. The molecule has 1 aliphatic carbocycles. The molecule has 0 saturated heterocycles. The Hall–Kier alpha value is -1.26. The molecule has 5 heteroatoms. The van der Waals surface area contributed by atoms with Gasteiger partial charge in [-0.25, -0.2) is 4.79 Å². The highest BCUT2D eigenvalue weighted by Gasteiger charge is 2.27. The van der Waals surface area contributed by atoms with Crippen molar-refractivity contribution in [3.8, 4) is 0 Å². The SMILES string of the molecule is CN(CC(NC=O)C1CCCCC1)C(=O)OC(C)(C)C. The van der Waals surface area contributed by atoms with E-state index in [0.29, 0.717) is 12.5 Å². The first-order valence-electron chi connectivity index (χ1n) is 7.47. The number of amides is 2. The third-order valence-corrected chi connectivity index (χ3v) is 3.68. The van der Waals surface area contributed by atoms with Crippen LogP contribution in [0.25, 0.3) is 0 Å². The van der Waals surface area contributed by atoms with Gasteiger partial charge >= 0.3 is 6.09 Å². The summed E-state index contributed by atoms with van der Waals surface area (Å²) in [5.74, 6) is 0.457. The third kappa shape index (κ3) is 5.80. The molecule has 20 heavy (non-hydrogen) atoms. The first-order chi connectivity index (χ1) is 9.33. The molecular weight excluding hydrogens is 256 g/mol. The van der Waals surface area contributed by atoms with Gasteiger partial charge < -0.3 is 15.0 Å². The summed E-state index contributed by atoms with van der Waals surface area (Å²) in [6, 6.07) is 0.0188. The van der Waals surface area contributed by atoms with Crippen LogP contribution >= 0.6 is 0 Å². The number of hydrogen-bond donors (Lipinski definition) is 1. The zero-order valence-electron chi connectivity index (χ0n) is 13.1. The standard InChI is InChI=1S/C15H28N2O3/c1-15(2,3)20-14(19)17(4)10-13(16-11-18)12-8-6-5-7-9-12/h11-13H,5-10H2,1-4H3,(H,16,18). The minimum absolute atomic E-state index is 0.0188. The minimum atomic E-state index is -0.496. The molecule has 116 valence electrons. The van der Waals surface area contributed by atoms with E-state index in [1.165, 1.54) is 19.3 Å². The van der Waals surface area contributed by atoms with E-state index in [0.717, 1.165) is 19.3 Å². The van der Waals surface area contributed by atoms with Crippen molar-refractivity contribution >= 4 is 12.5 Å². The summed E-state index contributed by atoms with van der Waals surface area (Å²) < 4.78 is 5.34. The van der Waals surface area contributed by atoms with Gasteiger partial charge in [0.2, 0.25) is 6.41 Å². The topological polar surface area (TPSA) is 58.6 Å². The summed E-state index contributed by atoms with van der Waals surface area (Å²) in [5.41, 5.74) is -0.496. The second-order valence-electron chi connectivity index (χ2n) is 6.65. The fraction of sp³-hybridized carbons (Fsp3) is 0.867. The van der Waals surface area contributed by atoms with Crippen LogP contribution in [0.1, 0.15) is 52.9 Å². The quantitative estimate of drug-likeness (QED) is 0.789. The van der Waals surface area contributed by atoms with Crippen molar-refractivity contribution in [2.75, 3.05) is 13.6 Å². The van der Waals surface area contributed by atoms with Crippen LogP contribution in [0.15, 0.2) is 0 Å². The van der Waals surface area contributed by atoms with E-state index in [1.54, 1.807) is 11.9 Å². The van der Waals surface area contributed by atoms with Crippen molar-refractivity contribution in [1.29, 1.82) is 0 Å². The Morgan fingerprint density at radius 1 is 1.35 bits per heavy atom. The molecule has 5 nitrogen and oxygen atoms in total. The number of carbonyl (C=O) groups excluding carboxylic acids is 2. The number of hydrogen-bond acceptors (Lipinski definition) is 3. The van der Waals surface area contributed by atoms with Gasteiger partial charge in [-0.1, -0.05) is 19.3 Å². The predicted molar refractivity (Wildman–Crippen MR) is 78.4 cm³/mol. The van der Waals surface area contributed by atoms with Crippen molar-refractivity contribution < 1.29 is 14.3 Å². The Labute approximate surface area is 122 Å². The number of likely N-dealkylation sites (N-methyl/N-ethyl adjacent to an activating group) is 1. The molecule has 1 fully saturated rings. The zero-order chi connectivity index (χ0) is 15.2. The Morgan fingerprint density at radius 2 is 1.95 bits per heavy atom. The van der Waals surface area contributed by atoms with E-state index in [2.05, 4.69) is 5.32 Å². The smallest absolute Gasteiger partial charge is 0.410 e.